The Morgan fingerprint density at radius 1 is 1.41 bits per heavy atom. The van der Waals surface area contributed by atoms with Crippen LogP contribution >= 0.6 is 11.8 Å². The Balaban J connectivity index is 1.98. The van der Waals surface area contributed by atoms with Gasteiger partial charge >= 0.3 is 0 Å². The van der Waals surface area contributed by atoms with Gasteiger partial charge in [-0.3, -0.25) is 0 Å². The summed E-state index contributed by atoms with van der Waals surface area (Å²) >= 11 is 1.54. The summed E-state index contributed by atoms with van der Waals surface area (Å²) in [5.41, 5.74) is 0. The molecule has 94 valence electrons. The summed E-state index contributed by atoms with van der Waals surface area (Å²) in [5, 5.41) is 13.9. The molecule has 1 fully saturated rings. The van der Waals surface area contributed by atoms with Gasteiger partial charge in [-0.25, -0.2) is 9.97 Å². The molecule has 17 heavy (non-hydrogen) atoms. The first-order valence-corrected chi connectivity index (χ1v) is 7.32. The molecule has 0 amide bonds. The summed E-state index contributed by atoms with van der Waals surface area (Å²) in [5.74, 6) is 0.864. The fraction of sp³-hybridized carbons (Fsp3) is 0.667. The minimum atomic E-state index is -0.170. The molecule has 2 N–H and O–H groups in total. The quantitative estimate of drug-likeness (QED) is 0.492. The second-order valence-electron chi connectivity index (χ2n) is 4.44. The summed E-state index contributed by atoms with van der Waals surface area (Å²) in [6.45, 7) is 0. The Morgan fingerprint density at radius 3 is 3.06 bits per heavy atom. The fourth-order valence-electron chi connectivity index (χ4n) is 2.19. The van der Waals surface area contributed by atoms with Crippen LogP contribution in [0.2, 0.25) is 0 Å². The molecule has 1 aromatic rings. The molecule has 0 saturated heterocycles. The average molecular weight is 253 g/mol. The van der Waals surface area contributed by atoms with Crippen LogP contribution in [0.1, 0.15) is 32.1 Å². The Kier molecular flexibility index (Phi) is 4.62. The predicted octanol–water partition coefficient (Wildman–Crippen LogP) is 2.30. The van der Waals surface area contributed by atoms with Gasteiger partial charge in [-0.15, -0.1) is 0 Å². The highest BCUT2D eigenvalue weighted by Crippen LogP contribution is 2.21. The molecule has 1 aliphatic carbocycles. The fourth-order valence-corrected chi connectivity index (χ4v) is 2.55. The molecular weight excluding hydrogens is 234 g/mol. The molecule has 4 nitrogen and oxygen atoms in total. The summed E-state index contributed by atoms with van der Waals surface area (Å²) in [7, 11) is 0. The van der Waals surface area contributed by atoms with Crippen molar-refractivity contribution in [2.45, 2.75) is 49.4 Å². The molecule has 0 aromatic carbocycles. The largest absolute Gasteiger partial charge is 0.393 e. The molecule has 1 aliphatic rings. The topological polar surface area (TPSA) is 58.0 Å². The maximum atomic E-state index is 9.76. The van der Waals surface area contributed by atoms with Gasteiger partial charge < -0.3 is 10.4 Å². The lowest BCUT2D eigenvalue weighted by Gasteiger charge is -2.18. The molecule has 0 bridgehead atoms. The van der Waals surface area contributed by atoms with Crippen molar-refractivity contribution in [3.8, 4) is 0 Å². The van der Waals surface area contributed by atoms with Crippen molar-refractivity contribution in [3.05, 3.63) is 12.3 Å². The van der Waals surface area contributed by atoms with E-state index in [2.05, 4.69) is 15.3 Å². The lowest BCUT2D eigenvalue weighted by Crippen LogP contribution is -2.24. The predicted molar refractivity (Wildman–Crippen MR) is 70.3 cm³/mol. The van der Waals surface area contributed by atoms with E-state index in [1.54, 1.807) is 6.20 Å². The third kappa shape index (κ3) is 3.85. The minimum Gasteiger partial charge on any atom is -0.393 e. The molecule has 0 spiro atoms. The maximum absolute atomic E-state index is 9.76. The first kappa shape index (κ1) is 12.6. The van der Waals surface area contributed by atoms with Gasteiger partial charge in [0.25, 0.3) is 0 Å². The first-order chi connectivity index (χ1) is 8.28. The molecule has 1 saturated carbocycles. The maximum Gasteiger partial charge on any atom is 0.189 e. The van der Waals surface area contributed by atoms with Gasteiger partial charge in [0.15, 0.2) is 5.16 Å². The highest BCUT2D eigenvalue weighted by molar-refractivity contribution is 7.98. The normalized spacial score (nSPS) is 25.3. The number of hydrogen-bond acceptors (Lipinski definition) is 5. The number of aliphatic hydroxyl groups excluding tert-OH is 1. The van der Waals surface area contributed by atoms with Gasteiger partial charge in [0.1, 0.15) is 5.82 Å². The number of aromatic nitrogens is 2. The molecule has 1 aromatic heterocycles. The third-order valence-electron chi connectivity index (χ3n) is 3.06. The van der Waals surface area contributed by atoms with E-state index in [1.165, 1.54) is 18.2 Å². The molecule has 5 heteroatoms. The summed E-state index contributed by atoms with van der Waals surface area (Å²) in [6.07, 6.45) is 8.72. The third-order valence-corrected chi connectivity index (χ3v) is 3.63. The molecule has 0 aliphatic heterocycles. The van der Waals surface area contributed by atoms with E-state index >= 15 is 0 Å². The van der Waals surface area contributed by atoms with Crippen LogP contribution in [0.25, 0.3) is 0 Å². The molecule has 0 unspecified atom stereocenters. The second-order valence-corrected chi connectivity index (χ2v) is 5.22. The van der Waals surface area contributed by atoms with Gasteiger partial charge in [-0.2, -0.15) is 0 Å². The van der Waals surface area contributed by atoms with E-state index < -0.39 is 0 Å². The minimum absolute atomic E-state index is 0.170. The molecule has 0 radical (unpaired) electrons. The molecule has 2 atom stereocenters. The number of anilines is 1. The zero-order valence-electron chi connectivity index (χ0n) is 10.1. The number of rotatable bonds is 3. The van der Waals surface area contributed by atoms with E-state index in [0.717, 1.165) is 36.7 Å². The Morgan fingerprint density at radius 2 is 2.24 bits per heavy atom. The summed E-state index contributed by atoms with van der Waals surface area (Å²) in [6, 6.07) is 2.22. The van der Waals surface area contributed by atoms with E-state index in [0.29, 0.717) is 6.04 Å². The van der Waals surface area contributed by atoms with Crippen LogP contribution in [0.3, 0.4) is 0 Å². The Hall–Kier alpha value is -0.810. The van der Waals surface area contributed by atoms with Crippen LogP contribution < -0.4 is 5.32 Å². The number of hydrogen-bond donors (Lipinski definition) is 2. The Labute approximate surface area is 106 Å². The number of nitrogens with zero attached hydrogens (tertiary/aromatic N) is 2. The summed E-state index contributed by atoms with van der Waals surface area (Å²) in [4.78, 5) is 8.55. The Bertz CT molecular complexity index is 361. The van der Waals surface area contributed by atoms with Crippen LogP contribution in [0, 0.1) is 0 Å². The highest BCUT2D eigenvalue weighted by Gasteiger charge is 2.18. The SMILES string of the molecule is CSc1nccc(N[C@@H]2CCCC[C@H](O)C2)n1. The lowest BCUT2D eigenvalue weighted by molar-refractivity contribution is 0.154. The van der Waals surface area contributed by atoms with Crippen LogP contribution in [0.4, 0.5) is 5.82 Å². The van der Waals surface area contributed by atoms with Crippen LogP contribution in [0.5, 0.6) is 0 Å². The molecular formula is C12H19N3OS. The van der Waals surface area contributed by atoms with Crippen molar-refractivity contribution in [3.63, 3.8) is 0 Å². The highest BCUT2D eigenvalue weighted by atomic mass is 32.2. The summed E-state index contributed by atoms with van der Waals surface area (Å²) < 4.78 is 0. The van der Waals surface area contributed by atoms with Crippen LogP contribution in [-0.4, -0.2) is 33.5 Å². The van der Waals surface area contributed by atoms with E-state index in [-0.39, 0.29) is 6.10 Å². The van der Waals surface area contributed by atoms with Crippen molar-refractivity contribution in [1.82, 2.24) is 9.97 Å². The van der Waals surface area contributed by atoms with Crippen molar-refractivity contribution < 1.29 is 5.11 Å². The van der Waals surface area contributed by atoms with Crippen molar-refractivity contribution in [2.24, 2.45) is 0 Å². The molecule has 1 heterocycles. The van der Waals surface area contributed by atoms with Crippen molar-refractivity contribution >= 4 is 17.6 Å². The number of nitrogens with one attached hydrogen (secondary N) is 1. The van der Waals surface area contributed by atoms with Crippen LogP contribution in [-0.2, 0) is 0 Å². The standard InChI is InChI=1S/C12H19N3OS/c1-17-12-13-7-6-11(15-12)14-9-4-2-3-5-10(16)8-9/h6-7,9-10,16H,2-5,8H2,1H3,(H,13,14,15)/t9-,10+/m1/s1. The number of aliphatic hydroxyl groups is 1. The van der Waals surface area contributed by atoms with Gasteiger partial charge in [-0.1, -0.05) is 24.6 Å². The monoisotopic (exact) mass is 253 g/mol. The van der Waals surface area contributed by atoms with Crippen molar-refractivity contribution in [2.75, 3.05) is 11.6 Å². The first-order valence-electron chi connectivity index (χ1n) is 6.09. The van der Waals surface area contributed by atoms with E-state index in [4.69, 9.17) is 0 Å². The van der Waals surface area contributed by atoms with Gasteiger partial charge in [-0.05, 0) is 31.6 Å². The van der Waals surface area contributed by atoms with Crippen molar-refractivity contribution in [1.29, 1.82) is 0 Å². The van der Waals surface area contributed by atoms with Gasteiger partial charge in [0, 0.05) is 12.2 Å². The lowest BCUT2D eigenvalue weighted by atomic mass is 10.1. The second kappa shape index (κ2) is 6.21. The van der Waals surface area contributed by atoms with Crippen LogP contribution in [0.15, 0.2) is 17.4 Å². The average Bonchev–Trinajstić information content (AvgIpc) is 2.54. The van der Waals surface area contributed by atoms with Gasteiger partial charge in [0.2, 0.25) is 0 Å². The smallest absolute Gasteiger partial charge is 0.189 e. The van der Waals surface area contributed by atoms with Gasteiger partial charge in [0.05, 0.1) is 6.10 Å². The number of thioether (sulfide) groups is 1. The van der Waals surface area contributed by atoms with E-state index in [1.807, 2.05) is 12.3 Å². The van der Waals surface area contributed by atoms with E-state index in [9.17, 15) is 5.11 Å². The zero-order valence-corrected chi connectivity index (χ0v) is 10.9. The zero-order chi connectivity index (χ0) is 12.1. The molecule has 2 rings (SSSR count).